The molecule has 2 aliphatic carbocycles. The van der Waals surface area contributed by atoms with Crippen LogP contribution in [-0.4, -0.2) is 0 Å². The molecule has 242 valence electrons. The fraction of sp³-hybridized carbons (Fsp3) is 0.0541. The van der Waals surface area contributed by atoms with Crippen molar-refractivity contribution in [3.63, 3.8) is 0 Å². The van der Waals surface area contributed by atoms with Gasteiger partial charge in [0.2, 0.25) is 0 Å². The summed E-state index contributed by atoms with van der Waals surface area (Å²) in [4.78, 5) is 0. The van der Waals surface area contributed by atoms with Crippen LogP contribution in [0.1, 0.15) is 61.2 Å². The summed E-state index contributed by atoms with van der Waals surface area (Å²) in [5.41, 5.74) is -13.5. The number of alkyl halides is 6. The first-order valence-corrected chi connectivity index (χ1v) is 13.9. The number of fused-ring (bicyclic) bond motifs is 2. The van der Waals surface area contributed by atoms with E-state index in [1.165, 1.54) is 24.3 Å². The Bertz CT molecular complexity index is 2540. The van der Waals surface area contributed by atoms with Gasteiger partial charge in [0.25, 0.3) is 0 Å². The molecule has 3 aromatic carbocycles. The smallest absolute Gasteiger partial charge is 0.192 e. The lowest BCUT2D eigenvalue weighted by Gasteiger charge is -2.17. The topological polar surface area (TPSA) is 214 Å². The fourth-order valence-electron chi connectivity index (χ4n) is 6.17. The third-order valence-electron chi connectivity index (χ3n) is 8.10. The number of rotatable bonds is 2. The maximum absolute atomic E-state index is 14.5. The summed E-state index contributed by atoms with van der Waals surface area (Å²) < 4.78 is 86.8. The van der Waals surface area contributed by atoms with E-state index in [0.717, 1.165) is 30.3 Å². The minimum atomic E-state index is -5.18. The quantitative estimate of drug-likeness (QED) is 0.189. The second-order valence-corrected chi connectivity index (χ2v) is 10.6. The molecule has 0 radical (unpaired) electrons. The van der Waals surface area contributed by atoms with E-state index in [1.807, 2.05) is 0 Å². The van der Waals surface area contributed by atoms with Crippen LogP contribution in [0.2, 0.25) is 0 Å². The molecular weight excluding hydrogens is 684 g/mol. The van der Waals surface area contributed by atoms with E-state index >= 15 is 0 Å². The number of nitrogens with zero attached hydrogens (tertiary/aromatic N) is 9. The molecule has 0 saturated carbocycles. The van der Waals surface area contributed by atoms with Gasteiger partial charge >= 0.3 is 12.4 Å². The average molecular weight is 692 g/mol. The highest BCUT2D eigenvalue weighted by Gasteiger charge is 2.44. The summed E-state index contributed by atoms with van der Waals surface area (Å²) in [5.74, 6) is 0. The lowest BCUT2D eigenvalue weighted by Crippen LogP contribution is -2.10. The monoisotopic (exact) mass is 691 g/mol. The molecule has 0 atom stereocenters. The molecule has 0 N–H and O–H groups in total. The van der Waals surface area contributed by atoms with Gasteiger partial charge in [0.05, 0.1) is 51.1 Å². The molecule has 15 heteroatoms. The van der Waals surface area contributed by atoms with Crippen LogP contribution in [0.5, 0.6) is 0 Å². The molecule has 0 aromatic heterocycles. The maximum atomic E-state index is 14.5. The van der Waals surface area contributed by atoms with Gasteiger partial charge in [0.1, 0.15) is 53.6 Å². The lowest BCUT2D eigenvalue weighted by molar-refractivity contribution is -0.138. The molecule has 2 aliphatic rings. The van der Waals surface area contributed by atoms with Crippen LogP contribution in [0.15, 0.2) is 53.6 Å². The van der Waals surface area contributed by atoms with Gasteiger partial charge in [0.15, 0.2) is 0 Å². The molecule has 0 heterocycles. The van der Waals surface area contributed by atoms with Crippen molar-refractivity contribution in [3.05, 3.63) is 115 Å². The van der Waals surface area contributed by atoms with Gasteiger partial charge in [-0.15, -0.1) is 0 Å². The molecule has 0 unspecified atom stereocenters. The van der Waals surface area contributed by atoms with E-state index in [4.69, 9.17) is 0 Å². The van der Waals surface area contributed by atoms with Crippen molar-refractivity contribution in [1.29, 1.82) is 47.4 Å². The van der Waals surface area contributed by atoms with Gasteiger partial charge in [0, 0.05) is 33.4 Å². The van der Waals surface area contributed by atoms with Crippen LogP contribution in [0.3, 0.4) is 0 Å². The molecule has 5 rings (SSSR count). The van der Waals surface area contributed by atoms with E-state index in [2.05, 4.69) is 0 Å². The SMILES string of the molecule is N#CC(C#N)=C1C(c2ccc(C#N)cc2C(F)(F)F)=C(C#N)c2c1cc1c(c2C#N)C(C#N)=C(c2ccc(C#N)cc2C(F)(F)F)C1=C(C#N)C#N. The predicted octanol–water partition coefficient (Wildman–Crippen LogP) is 7.84. The zero-order valence-corrected chi connectivity index (χ0v) is 25.3. The Balaban J connectivity index is 2.08. The van der Waals surface area contributed by atoms with Gasteiger partial charge in [-0.2, -0.15) is 73.7 Å². The van der Waals surface area contributed by atoms with E-state index < -0.39 is 118 Å². The molecular formula is C37H7F6N9. The Morgan fingerprint density at radius 1 is 0.442 bits per heavy atom. The Hall–Kier alpha value is -8.39. The lowest BCUT2D eigenvalue weighted by atomic mass is 9.86. The molecule has 0 spiro atoms. The van der Waals surface area contributed by atoms with E-state index in [1.54, 1.807) is 30.3 Å². The van der Waals surface area contributed by atoms with Crippen molar-refractivity contribution < 1.29 is 26.3 Å². The van der Waals surface area contributed by atoms with Crippen LogP contribution < -0.4 is 0 Å². The first kappa shape index (κ1) is 34.9. The van der Waals surface area contributed by atoms with Gasteiger partial charge < -0.3 is 0 Å². The normalized spacial score (nSPS) is 12.8. The zero-order valence-electron chi connectivity index (χ0n) is 25.3. The molecule has 0 fully saturated rings. The van der Waals surface area contributed by atoms with Gasteiger partial charge in [-0.1, -0.05) is 12.1 Å². The Labute approximate surface area is 288 Å². The summed E-state index contributed by atoms with van der Waals surface area (Å²) >= 11 is 0. The standard InChI is InChI=1S/C37H7F6N9/c38-36(39,40)28-5-17(8-44)1-3-21(28)34-26(15-51)32-23(30(34)19(10-46)11-47)7-24-31(20(12-48)13-49)35(27(16-52)33(24)25(32)14-50)22-4-2-18(9-45)6-29(22)37(41,42)43/h1-7H. The van der Waals surface area contributed by atoms with Crippen molar-refractivity contribution in [2.45, 2.75) is 12.4 Å². The Morgan fingerprint density at radius 2 is 0.808 bits per heavy atom. The molecule has 0 aliphatic heterocycles. The third kappa shape index (κ3) is 5.13. The minimum Gasteiger partial charge on any atom is -0.192 e. The van der Waals surface area contributed by atoms with Crippen LogP contribution >= 0.6 is 0 Å². The Kier molecular flexibility index (Phi) is 8.44. The molecule has 9 nitrogen and oxygen atoms in total. The predicted molar refractivity (Wildman–Crippen MR) is 165 cm³/mol. The van der Waals surface area contributed by atoms with Crippen LogP contribution in [-0.2, 0) is 12.4 Å². The first-order valence-electron chi connectivity index (χ1n) is 13.9. The second kappa shape index (κ2) is 12.6. The van der Waals surface area contributed by atoms with Gasteiger partial charge in [-0.25, -0.2) is 0 Å². The van der Waals surface area contributed by atoms with Crippen LogP contribution in [0.25, 0.3) is 33.4 Å². The summed E-state index contributed by atoms with van der Waals surface area (Å²) in [6.07, 6.45) is -10.4. The minimum absolute atomic E-state index is 0.417. The Morgan fingerprint density at radius 3 is 1.08 bits per heavy atom. The number of hydrogen-bond acceptors (Lipinski definition) is 9. The largest absolute Gasteiger partial charge is 0.417 e. The molecule has 3 aromatic rings. The molecule has 52 heavy (non-hydrogen) atoms. The fourth-order valence-corrected chi connectivity index (χ4v) is 6.17. The van der Waals surface area contributed by atoms with Gasteiger partial charge in [-0.3, -0.25) is 0 Å². The molecule has 0 saturated heterocycles. The summed E-state index contributed by atoms with van der Waals surface area (Å²) in [6, 6.07) is 19.9. The molecule has 0 bridgehead atoms. The van der Waals surface area contributed by atoms with Crippen molar-refractivity contribution in [2.75, 3.05) is 0 Å². The van der Waals surface area contributed by atoms with E-state index in [9.17, 15) is 73.7 Å². The number of benzene rings is 3. The van der Waals surface area contributed by atoms with Crippen LogP contribution in [0, 0.1) is 102 Å². The summed E-state index contributed by atoms with van der Waals surface area (Å²) in [6.45, 7) is 0. The highest BCUT2D eigenvalue weighted by atomic mass is 19.4. The number of halogens is 6. The molecule has 0 amide bonds. The summed E-state index contributed by atoms with van der Waals surface area (Å²) in [5, 5.41) is 89.8. The number of hydrogen-bond donors (Lipinski definition) is 0. The zero-order chi connectivity index (χ0) is 38.3. The number of nitriles is 9. The number of allylic oxidation sites excluding steroid dienone is 8. The van der Waals surface area contributed by atoms with Gasteiger partial charge in [-0.05, 0) is 52.6 Å². The van der Waals surface area contributed by atoms with Crippen LogP contribution in [0.4, 0.5) is 26.3 Å². The maximum Gasteiger partial charge on any atom is 0.417 e. The van der Waals surface area contributed by atoms with Crippen molar-refractivity contribution in [3.8, 4) is 54.6 Å². The highest BCUT2D eigenvalue weighted by molar-refractivity contribution is 6.31. The first-order chi connectivity index (χ1) is 24.7. The highest BCUT2D eigenvalue weighted by Crippen LogP contribution is 2.57. The average Bonchev–Trinajstić information content (AvgIpc) is 3.62. The van der Waals surface area contributed by atoms with Crippen molar-refractivity contribution in [2.24, 2.45) is 0 Å². The summed E-state index contributed by atoms with van der Waals surface area (Å²) in [7, 11) is 0. The van der Waals surface area contributed by atoms with Crippen molar-refractivity contribution >= 4 is 33.4 Å². The second-order valence-electron chi connectivity index (χ2n) is 10.6. The van der Waals surface area contributed by atoms with Crippen molar-refractivity contribution in [1.82, 2.24) is 0 Å². The van der Waals surface area contributed by atoms with E-state index in [-0.39, 0.29) is 0 Å². The van der Waals surface area contributed by atoms with E-state index in [0.29, 0.717) is 12.1 Å². The third-order valence-corrected chi connectivity index (χ3v) is 8.10.